The number of hydrogen-bond acceptors (Lipinski definition) is 4. The quantitative estimate of drug-likeness (QED) is 0.698. The molecule has 0 radical (unpaired) electrons. The third kappa shape index (κ3) is 3.80. The Kier molecular flexibility index (Phi) is 5.17. The predicted octanol–water partition coefficient (Wildman–Crippen LogP) is 4.69. The molecule has 0 saturated carbocycles. The maximum Gasteiger partial charge on any atom is 0.272 e. The topological polar surface area (TPSA) is 54.5 Å². The van der Waals surface area contributed by atoms with Gasteiger partial charge in [-0.25, -0.2) is 0 Å². The van der Waals surface area contributed by atoms with Crippen LogP contribution in [0.25, 0.3) is 0 Å². The van der Waals surface area contributed by atoms with Gasteiger partial charge in [-0.05, 0) is 47.9 Å². The minimum Gasteiger partial charge on any atom is -0.495 e. The number of benzene rings is 2. The number of methoxy groups -OCH3 is 1. The van der Waals surface area contributed by atoms with Crippen LogP contribution in [-0.4, -0.2) is 29.4 Å². The molecule has 0 spiro atoms. The molecule has 1 aliphatic heterocycles. The zero-order chi connectivity index (χ0) is 19.5. The summed E-state index contributed by atoms with van der Waals surface area (Å²) in [6.07, 6.45) is 2.49. The number of halogens is 1. The Hall–Kier alpha value is -3.05. The minimum atomic E-state index is -0.0730. The van der Waals surface area contributed by atoms with Gasteiger partial charge in [0, 0.05) is 30.0 Å². The largest absolute Gasteiger partial charge is 0.495 e. The van der Waals surface area contributed by atoms with E-state index in [1.165, 1.54) is 11.1 Å². The second-order valence-electron chi connectivity index (χ2n) is 6.64. The molecule has 1 aromatic heterocycles. The number of pyridine rings is 1. The van der Waals surface area contributed by atoms with E-state index in [0.29, 0.717) is 29.6 Å². The predicted molar refractivity (Wildman–Crippen MR) is 110 cm³/mol. The van der Waals surface area contributed by atoms with E-state index >= 15 is 0 Å². The summed E-state index contributed by atoms with van der Waals surface area (Å²) in [5.74, 6) is 0.595. The Morgan fingerprint density at radius 1 is 1.14 bits per heavy atom. The van der Waals surface area contributed by atoms with Crippen molar-refractivity contribution in [2.24, 2.45) is 0 Å². The maximum absolute atomic E-state index is 13.0. The molecule has 0 saturated heterocycles. The lowest BCUT2D eigenvalue weighted by Gasteiger charge is -2.28. The van der Waals surface area contributed by atoms with Crippen LogP contribution in [0, 0.1) is 0 Å². The molecule has 1 amide bonds. The van der Waals surface area contributed by atoms with Gasteiger partial charge in [-0.15, -0.1) is 0 Å². The van der Waals surface area contributed by atoms with E-state index in [-0.39, 0.29) is 5.91 Å². The Morgan fingerprint density at radius 2 is 1.96 bits per heavy atom. The third-order valence-electron chi connectivity index (χ3n) is 4.84. The highest BCUT2D eigenvalue weighted by molar-refractivity contribution is 6.31. The van der Waals surface area contributed by atoms with E-state index in [0.717, 1.165) is 17.8 Å². The molecule has 0 aliphatic carbocycles. The number of nitrogens with zero attached hydrogens (tertiary/aromatic N) is 2. The first-order valence-electron chi connectivity index (χ1n) is 9.07. The maximum atomic E-state index is 13.0. The molecule has 4 rings (SSSR count). The van der Waals surface area contributed by atoms with E-state index in [1.54, 1.807) is 37.6 Å². The van der Waals surface area contributed by atoms with Crippen LogP contribution in [0.1, 0.15) is 21.6 Å². The van der Waals surface area contributed by atoms with Crippen molar-refractivity contribution in [3.05, 3.63) is 82.6 Å². The van der Waals surface area contributed by atoms with Crippen LogP contribution in [0.2, 0.25) is 5.02 Å². The zero-order valence-electron chi connectivity index (χ0n) is 15.5. The first-order chi connectivity index (χ1) is 13.6. The molecule has 142 valence electrons. The van der Waals surface area contributed by atoms with E-state index in [4.69, 9.17) is 16.3 Å². The molecule has 1 aliphatic rings. The highest BCUT2D eigenvalue weighted by Crippen LogP contribution is 2.30. The van der Waals surface area contributed by atoms with E-state index in [2.05, 4.69) is 22.4 Å². The molecule has 2 aromatic carbocycles. The monoisotopic (exact) mass is 393 g/mol. The number of anilines is 2. The Labute approximate surface area is 168 Å². The number of carbonyl (C=O) groups excluding carboxylic acids is 1. The number of hydrogen-bond donors (Lipinski definition) is 1. The molecular weight excluding hydrogens is 374 g/mol. The smallest absolute Gasteiger partial charge is 0.272 e. The summed E-state index contributed by atoms with van der Waals surface area (Å²) in [7, 11) is 1.60. The molecule has 0 fully saturated rings. The van der Waals surface area contributed by atoms with Gasteiger partial charge in [0.1, 0.15) is 11.4 Å². The summed E-state index contributed by atoms with van der Waals surface area (Å²) in [6.45, 7) is 1.30. The van der Waals surface area contributed by atoms with Crippen LogP contribution >= 0.6 is 11.6 Å². The number of ether oxygens (including phenoxy) is 1. The average Bonchev–Trinajstić information content (AvgIpc) is 2.73. The summed E-state index contributed by atoms with van der Waals surface area (Å²) in [5, 5.41) is 3.86. The average molecular weight is 394 g/mol. The van der Waals surface area contributed by atoms with Gasteiger partial charge in [-0.2, -0.15) is 0 Å². The number of fused-ring (bicyclic) bond motifs is 1. The number of amides is 1. The van der Waals surface area contributed by atoms with Crippen molar-refractivity contribution in [3.8, 4) is 5.75 Å². The van der Waals surface area contributed by atoms with Gasteiger partial charge in [-0.3, -0.25) is 9.78 Å². The second kappa shape index (κ2) is 7.90. The van der Waals surface area contributed by atoms with Crippen molar-refractivity contribution < 1.29 is 9.53 Å². The lowest BCUT2D eigenvalue weighted by molar-refractivity contribution is 0.0729. The molecule has 0 unspecified atom stereocenters. The van der Waals surface area contributed by atoms with Crippen LogP contribution in [0.15, 0.2) is 60.8 Å². The Balaban J connectivity index is 1.54. The molecule has 1 N–H and O–H groups in total. The van der Waals surface area contributed by atoms with E-state index < -0.39 is 0 Å². The van der Waals surface area contributed by atoms with Crippen molar-refractivity contribution in [3.63, 3.8) is 0 Å². The molecule has 5 nitrogen and oxygen atoms in total. The van der Waals surface area contributed by atoms with Crippen LogP contribution in [0.3, 0.4) is 0 Å². The van der Waals surface area contributed by atoms with Crippen LogP contribution in [0.5, 0.6) is 5.75 Å². The van der Waals surface area contributed by atoms with Gasteiger partial charge >= 0.3 is 0 Å². The summed E-state index contributed by atoms with van der Waals surface area (Å²) in [6, 6.07) is 17.1. The fourth-order valence-corrected chi connectivity index (χ4v) is 3.56. The van der Waals surface area contributed by atoms with Crippen molar-refractivity contribution in [2.45, 2.75) is 13.0 Å². The van der Waals surface area contributed by atoms with Gasteiger partial charge in [0.2, 0.25) is 0 Å². The van der Waals surface area contributed by atoms with Crippen molar-refractivity contribution in [1.29, 1.82) is 0 Å². The molecular formula is C22H20ClN3O2. The lowest BCUT2D eigenvalue weighted by atomic mass is 10.00. The molecule has 3 aromatic rings. The minimum absolute atomic E-state index is 0.0730. The number of nitrogens with one attached hydrogen (secondary N) is 1. The molecule has 0 atom stereocenters. The van der Waals surface area contributed by atoms with Gasteiger partial charge in [0.15, 0.2) is 0 Å². The van der Waals surface area contributed by atoms with Gasteiger partial charge in [0.05, 0.1) is 12.8 Å². The molecule has 6 heteroatoms. The third-order valence-corrected chi connectivity index (χ3v) is 5.07. The highest BCUT2D eigenvalue weighted by atomic mass is 35.5. The summed E-state index contributed by atoms with van der Waals surface area (Å²) in [4.78, 5) is 19.1. The van der Waals surface area contributed by atoms with Gasteiger partial charge < -0.3 is 15.0 Å². The normalized spacial score (nSPS) is 13.0. The Morgan fingerprint density at radius 3 is 2.79 bits per heavy atom. The van der Waals surface area contributed by atoms with Crippen LogP contribution in [-0.2, 0) is 13.0 Å². The number of aromatic nitrogens is 1. The second-order valence-corrected chi connectivity index (χ2v) is 7.08. The highest BCUT2D eigenvalue weighted by Gasteiger charge is 2.22. The molecule has 2 heterocycles. The summed E-state index contributed by atoms with van der Waals surface area (Å²) < 4.78 is 5.37. The zero-order valence-corrected chi connectivity index (χ0v) is 16.2. The summed E-state index contributed by atoms with van der Waals surface area (Å²) >= 11 is 6.10. The molecule has 28 heavy (non-hydrogen) atoms. The Bertz CT molecular complexity index is 1020. The standard InChI is InChI=1S/C22H20ClN3O2/c1-28-21-7-6-17(23)12-19(21)25-18-8-10-24-20(13-18)22(27)26-11-9-15-4-2-3-5-16(15)14-26/h2-8,10,12-13H,9,11,14H2,1H3,(H,24,25). The fourth-order valence-electron chi connectivity index (χ4n) is 3.39. The first-order valence-corrected chi connectivity index (χ1v) is 9.44. The van der Waals surface area contributed by atoms with Crippen LogP contribution in [0.4, 0.5) is 11.4 Å². The summed E-state index contributed by atoms with van der Waals surface area (Å²) in [5.41, 5.74) is 4.39. The fraction of sp³-hybridized carbons (Fsp3) is 0.182. The van der Waals surface area contributed by atoms with E-state index in [9.17, 15) is 4.79 Å². The van der Waals surface area contributed by atoms with Crippen molar-refractivity contribution >= 4 is 28.9 Å². The van der Waals surface area contributed by atoms with E-state index in [1.807, 2.05) is 23.1 Å². The lowest BCUT2D eigenvalue weighted by Crippen LogP contribution is -2.36. The SMILES string of the molecule is COc1ccc(Cl)cc1Nc1ccnc(C(=O)N2CCc3ccccc3C2)c1. The molecule has 0 bridgehead atoms. The first kappa shape index (κ1) is 18.3. The van der Waals surface area contributed by atoms with Gasteiger partial charge in [0.25, 0.3) is 5.91 Å². The number of carbonyl (C=O) groups is 1. The van der Waals surface area contributed by atoms with Crippen molar-refractivity contribution in [1.82, 2.24) is 9.88 Å². The van der Waals surface area contributed by atoms with Crippen LogP contribution < -0.4 is 10.1 Å². The number of rotatable bonds is 4. The van der Waals surface area contributed by atoms with Crippen molar-refractivity contribution in [2.75, 3.05) is 19.0 Å². The van der Waals surface area contributed by atoms with Gasteiger partial charge in [-0.1, -0.05) is 35.9 Å².